The second-order valence-electron chi connectivity index (χ2n) is 6.91. The largest absolute Gasteiger partial charge is 0.381 e. The maximum atomic E-state index is 12.6. The van der Waals surface area contributed by atoms with Gasteiger partial charge in [0.05, 0.1) is 12.1 Å². The molecule has 1 unspecified atom stereocenters. The summed E-state index contributed by atoms with van der Waals surface area (Å²) < 4.78 is 11.5. The fourth-order valence-electron chi connectivity index (χ4n) is 3.85. The third kappa shape index (κ3) is 3.83. The fourth-order valence-corrected chi connectivity index (χ4v) is 3.85. The number of carbonyl (C=O) groups excluding carboxylic acids is 1. The van der Waals surface area contributed by atoms with Gasteiger partial charge in [-0.15, -0.1) is 0 Å². The second-order valence-corrected chi connectivity index (χ2v) is 6.91. The Bertz CT molecular complexity index is 355. The van der Waals surface area contributed by atoms with Crippen molar-refractivity contribution >= 4 is 5.78 Å². The van der Waals surface area contributed by atoms with E-state index in [1.165, 1.54) is 0 Å². The Hall–Kier alpha value is -0.490. The van der Waals surface area contributed by atoms with Gasteiger partial charge >= 0.3 is 0 Å². The number of piperidine rings is 1. The van der Waals surface area contributed by atoms with E-state index in [1.54, 1.807) is 0 Å². The lowest BCUT2D eigenvalue weighted by atomic mass is 9.79. The molecule has 3 rings (SSSR count). The summed E-state index contributed by atoms with van der Waals surface area (Å²) in [5.74, 6) is 0.576. The number of Topliss-reactive ketones (excluding diaryl/α,β-unsaturated/α-hetero) is 1. The Morgan fingerprint density at radius 3 is 2.57 bits per heavy atom. The smallest absolute Gasteiger partial charge is 0.150 e. The van der Waals surface area contributed by atoms with Crippen molar-refractivity contribution in [3.05, 3.63) is 0 Å². The van der Waals surface area contributed by atoms with E-state index in [2.05, 4.69) is 4.90 Å². The highest BCUT2D eigenvalue weighted by Crippen LogP contribution is 2.37. The molecule has 0 aromatic rings. The minimum absolute atomic E-state index is 0.0823. The Kier molecular flexibility index (Phi) is 4.94. The quantitative estimate of drug-likeness (QED) is 0.840. The molecule has 0 bridgehead atoms. The van der Waals surface area contributed by atoms with Crippen LogP contribution in [0.3, 0.4) is 0 Å². The molecule has 1 spiro atoms. The Morgan fingerprint density at radius 1 is 1.14 bits per heavy atom. The van der Waals surface area contributed by atoms with Crippen LogP contribution in [0.5, 0.6) is 0 Å². The highest BCUT2D eigenvalue weighted by atomic mass is 16.5. The van der Waals surface area contributed by atoms with Crippen LogP contribution in [-0.2, 0) is 14.3 Å². The molecule has 5 heteroatoms. The zero-order valence-electron chi connectivity index (χ0n) is 12.9. The molecule has 0 aromatic carbocycles. The fraction of sp³-hybridized carbons (Fsp3) is 0.938. The van der Waals surface area contributed by atoms with Gasteiger partial charge in [-0.05, 0) is 38.5 Å². The molecule has 0 saturated carbocycles. The van der Waals surface area contributed by atoms with Crippen molar-refractivity contribution in [3.8, 4) is 0 Å². The number of carbonyl (C=O) groups is 1. The van der Waals surface area contributed by atoms with Crippen LogP contribution in [0.4, 0.5) is 0 Å². The van der Waals surface area contributed by atoms with Crippen LogP contribution in [0.15, 0.2) is 0 Å². The Balaban J connectivity index is 1.52. The van der Waals surface area contributed by atoms with E-state index in [9.17, 15) is 4.79 Å². The van der Waals surface area contributed by atoms with Gasteiger partial charge in [0.1, 0.15) is 5.78 Å². The van der Waals surface area contributed by atoms with Gasteiger partial charge in [-0.25, -0.2) is 0 Å². The average molecular weight is 296 g/mol. The van der Waals surface area contributed by atoms with Gasteiger partial charge in [0.25, 0.3) is 0 Å². The zero-order chi connectivity index (χ0) is 14.7. The number of ketones is 1. The van der Waals surface area contributed by atoms with E-state index in [1.807, 2.05) is 0 Å². The maximum Gasteiger partial charge on any atom is 0.150 e. The molecular weight excluding hydrogens is 268 g/mol. The molecule has 0 aliphatic carbocycles. The van der Waals surface area contributed by atoms with Crippen molar-refractivity contribution in [3.63, 3.8) is 0 Å². The summed E-state index contributed by atoms with van der Waals surface area (Å²) in [6.07, 6.45) is 5.69. The van der Waals surface area contributed by atoms with E-state index in [-0.39, 0.29) is 11.5 Å². The number of nitrogens with two attached hydrogens (primary N) is 1. The molecular formula is C16H28N2O3. The van der Waals surface area contributed by atoms with Crippen molar-refractivity contribution in [2.45, 2.75) is 50.2 Å². The third-order valence-corrected chi connectivity index (χ3v) is 5.36. The molecule has 5 nitrogen and oxygen atoms in total. The van der Waals surface area contributed by atoms with Crippen LogP contribution in [-0.4, -0.2) is 61.8 Å². The minimum Gasteiger partial charge on any atom is -0.381 e. The first-order chi connectivity index (χ1) is 10.2. The van der Waals surface area contributed by atoms with Crippen LogP contribution >= 0.6 is 0 Å². The topological polar surface area (TPSA) is 64.8 Å². The van der Waals surface area contributed by atoms with Crippen LogP contribution < -0.4 is 5.73 Å². The lowest BCUT2D eigenvalue weighted by Crippen LogP contribution is -2.48. The van der Waals surface area contributed by atoms with Gasteiger partial charge in [0.15, 0.2) is 0 Å². The number of nitrogens with zero attached hydrogens (tertiary/aromatic N) is 1. The average Bonchev–Trinajstić information content (AvgIpc) is 2.50. The molecule has 3 saturated heterocycles. The standard InChI is InChI=1S/C16H28N2O3/c17-14-1-6-18(7-2-14)12-15(19)13-3-8-21-16(11-13)4-9-20-10-5-16/h13-14H,1-12,17H2. The number of likely N-dealkylation sites (tertiary alicyclic amines) is 1. The van der Waals surface area contributed by atoms with Crippen molar-refractivity contribution in [2.75, 3.05) is 39.5 Å². The lowest BCUT2D eigenvalue weighted by Gasteiger charge is -2.43. The SMILES string of the molecule is NC1CCN(CC(=O)C2CCOC3(CCOCC3)C2)CC1. The normalized spacial score (nSPS) is 31.4. The summed E-state index contributed by atoms with van der Waals surface area (Å²) >= 11 is 0. The highest BCUT2D eigenvalue weighted by molar-refractivity contribution is 5.83. The molecule has 3 heterocycles. The van der Waals surface area contributed by atoms with Crippen LogP contribution in [0, 0.1) is 5.92 Å². The number of ether oxygens (including phenoxy) is 2. The zero-order valence-corrected chi connectivity index (χ0v) is 12.9. The number of hydrogen-bond donors (Lipinski definition) is 1. The highest BCUT2D eigenvalue weighted by Gasteiger charge is 2.41. The second kappa shape index (κ2) is 6.73. The molecule has 3 aliphatic heterocycles. The molecule has 0 aromatic heterocycles. The van der Waals surface area contributed by atoms with Crippen molar-refractivity contribution in [1.82, 2.24) is 4.90 Å². The van der Waals surface area contributed by atoms with Gasteiger partial charge in [0, 0.05) is 44.9 Å². The minimum atomic E-state index is -0.0823. The summed E-state index contributed by atoms with van der Waals surface area (Å²) in [6, 6.07) is 0.324. The van der Waals surface area contributed by atoms with Crippen molar-refractivity contribution in [2.24, 2.45) is 11.7 Å². The summed E-state index contributed by atoms with van der Waals surface area (Å²) in [5, 5.41) is 0. The van der Waals surface area contributed by atoms with Crippen molar-refractivity contribution in [1.29, 1.82) is 0 Å². The number of rotatable bonds is 3. The van der Waals surface area contributed by atoms with Crippen LogP contribution in [0.1, 0.15) is 38.5 Å². The molecule has 2 N–H and O–H groups in total. The van der Waals surface area contributed by atoms with Crippen LogP contribution in [0.25, 0.3) is 0 Å². The van der Waals surface area contributed by atoms with Gasteiger partial charge in [0.2, 0.25) is 0 Å². The summed E-state index contributed by atoms with van der Waals surface area (Å²) in [5.41, 5.74) is 5.84. The molecule has 3 fully saturated rings. The van der Waals surface area contributed by atoms with E-state index < -0.39 is 0 Å². The molecule has 0 radical (unpaired) electrons. The number of hydrogen-bond acceptors (Lipinski definition) is 5. The first-order valence-electron chi connectivity index (χ1n) is 8.39. The third-order valence-electron chi connectivity index (χ3n) is 5.36. The maximum absolute atomic E-state index is 12.6. The van der Waals surface area contributed by atoms with E-state index in [0.717, 1.165) is 71.4 Å². The molecule has 120 valence electrons. The predicted octanol–water partition coefficient (Wildman–Crippen LogP) is 0.954. The predicted molar refractivity (Wildman–Crippen MR) is 80.1 cm³/mol. The molecule has 0 amide bonds. The van der Waals surface area contributed by atoms with Crippen molar-refractivity contribution < 1.29 is 14.3 Å². The summed E-state index contributed by atoms with van der Waals surface area (Å²) in [6.45, 7) is 4.80. The monoisotopic (exact) mass is 296 g/mol. The van der Waals surface area contributed by atoms with Gasteiger partial charge in [-0.3, -0.25) is 9.69 Å². The molecule has 1 atom stereocenters. The molecule has 3 aliphatic rings. The van der Waals surface area contributed by atoms with Crippen LogP contribution in [0.2, 0.25) is 0 Å². The van der Waals surface area contributed by atoms with E-state index in [0.29, 0.717) is 18.4 Å². The summed E-state index contributed by atoms with van der Waals surface area (Å²) in [7, 11) is 0. The summed E-state index contributed by atoms with van der Waals surface area (Å²) in [4.78, 5) is 14.9. The van der Waals surface area contributed by atoms with Gasteiger partial charge < -0.3 is 15.2 Å². The lowest BCUT2D eigenvalue weighted by molar-refractivity contribution is -0.157. The van der Waals surface area contributed by atoms with Gasteiger partial charge in [-0.2, -0.15) is 0 Å². The molecule has 21 heavy (non-hydrogen) atoms. The Labute approximate surface area is 127 Å². The first kappa shape index (κ1) is 15.4. The van der Waals surface area contributed by atoms with E-state index >= 15 is 0 Å². The van der Waals surface area contributed by atoms with Gasteiger partial charge in [-0.1, -0.05) is 0 Å². The first-order valence-corrected chi connectivity index (χ1v) is 8.39. The van der Waals surface area contributed by atoms with E-state index in [4.69, 9.17) is 15.2 Å². The Morgan fingerprint density at radius 2 is 1.86 bits per heavy atom.